The van der Waals surface area contributed by atoms with Crippen LogP contribution in [0.1, 0.15) is 37.3 Å². The number of rotatable bonds is 4. The SMILES string of the molecule is Cc1cc(Cl)ccc1CNCC1CCCC1C. The third kappa shape index (κ3) is 3.46. The molecule has 0 aromatic heterocycles. The van der Waals surface area contributed by atoms with Gasteiger partial charge < -0.3 is 5.32 Å². The molecule has 0 amide bonds. The molecule has 1 saturated carbocycles. The van der Waals surface area contributed by atoms with E-state index in [2.05, 4.69) is 25.2 Å². The molecule has 0 aliphatic heterocycles. The van der Waals surface area contributed by atoms with Crippen LogP contribution in [0.2, 0.25) is 5.02 Å². The van der Waals surface area contributed by atoms with Gasteiger partial charge in [-0.3, -0.25) is 0 Å². The normalized spacial score (nSPS) is 24.2. The van der Waals surface area contributed by atoms with Crippen molar-refractivity contribution in [1.82, 2.24) is 5.32 Å². The van der Waals surface area contributed by atoms with Crippen molar-refractivity contribution in [3.05, 3.63) is 34.3 Å². The fourth-order valence-electron chi connectivity index (χ4n) is 2.78. The zero-order chi connectivity index (χ0) is 12.3. The van der Waals surface area contributed by atoms with Crippen LogP contribution in [-0.4, -0.2) is 6.54 Å². The molecular formula is C15H22ClN. The van der Waals surface area contributed by atoms with E-state index in [1.807, 2.05) is 12.1 Å². The molecule has 1 nitrogen and oxygen atoms in total. The van der Waals surface area contributed by atoms with Crippen LogP contribution < -0.4 is 5.32 Å². The number of aryl methyl sites for hydroxylation is 1. The van der Waals surface area contributed by atoms with Crippen LogP contribution >= 0.6 is 11.6 Å². The lowest BCUT2D eigenvalue weighted by Crippen LogP contribution is -2.24. The number of hydrogen-bond acceptors (Lipinski definition) is 1. The van der Waals surface area contributed by atoms with Crippen LogP contribution in [0.4, 0.5) is 0 Å². The van der Waals surface area contributed by atoms with E-state index >= 15 is 0 Å². The van der Waals surface area contributed by atoms with Gasteiger partial charge in [0.2, 0.25) is 0 Å². The fourth-order valence-corrected chi connectivity index (χ4v) is 3.00. The average Bonchev–Trinajstić information content (AvgIpc) is 2.68. The van der Waals surface area contributed by atoms with Gasteiger partial charge in [0.15, 0.2) is 0 Å². The second kappa shape index (κ2) is 5.88. The number of benzene rings is 1. The molecule has 2 unspecified atom stereocenters. The average molecular weight is 252 g/mol. The number of hydrogen-bond donors (Lipinski definition) is 1. The van der Waals surface area contributed by atoms with Crippen molar-refractivity contribution >= 4 is 11.6 Å². The number of halogens is 1. The Morgan fingerprint density at radius 1 is 1.35 bits per heavy atom. The summed E-state index contributed by atoms with van der Waals surface area (Å²) in [6.07, 6.45) is 4.22. The Kier molecular flexibility index (Phi) is 4.47. The summed E-state index contributed by atoms with van der Waals surface area (Å²) in [5.41, 5.74) is 2.64. The minimum absolute atomic E-state index is 0.829. The first-order valence-corrected chi connectivity index (χ1v) is 7.00. The maximum atomic E-state index is 5.95. The molecule has 1 fully saturated rings. The Morgan fingerprint density at radius 2 is 2.18 bits per heavy atom. The van der Waals surface area contributed by atoms with Crippen LogP contribution in [-0.2, 0) is 6.54 Å². The minimum Gasteiger partial charge on any atom is -0.312 e. The van der Waals surface area contributed by atoms with Crippen molar-refractivity contribution in [3.63, 3.8) is 0 Å². The van der Waals surface area contributed by atoms with E-state index in [-0.39, 0.29) is 0 Å². The molecule has 1 aliphatic rings. The van der Waals surface area contributed by atoms with Gasteiger partial charge in [-0.25, -0.2) is 0 Å². The first-order chi connectivity index (χ1) is 8.16. The lowest BCUT2D eigenvalue weighted by atomic mass is 9.98. The van der Waals surface area contributed by atoms with Crippen LogP contribution in [0.5, 0.6) is 0 Å². The smallest absolute Gasteiger partial charge is 0.0408 e. The highest BCUT2D eigenvalue weighted by Crippen LogP contribution is 2.30. The molecule has 17 heavy (non-hydrogen) atoms. The quantitative estimate of drug-likeness (QED) is 0.847. The molecule has 0 spiro atoms. The summed E-state index contributed by atoms with van der Waals surface area (Å²) in [5.74, 6) is 1.77. The monoisotopic (exact) mass is 251 g/mol. The highest BCUT2D eigenvalue weighted by Gasteiger charge is 2.22. The fraction of sp³-hybridized carbons (Fsp3) is 0.600. The van der Waals surface area contributed by atoms with E-state index in [1.54, 1.807) is 0 Å². The van der Waals surface area contributed by atoms with Crippen LogP contribution in [0.3, 0.4) is 0 Å². The lowest BCUT2D eigenvalue weighted by molar-refractivity contribution is 0.392. The van der Waals surface area contributed by atoms with E-state index < -0.39 is 0 Å². The van der Waals surface area contributed by atoms with Crippen molar-refractivity contribution in [1.29, 1.82) is 0 Å². The largest absolute Gasteiger partial charge is 0.312 e. The van der Waals surface area contributed by atoms with Crippen molar-refractivity contribution in [2.24, 2.45) is 11.8 Å². The van der Waals surface area contributed by atoms with Gasteiger partial charge in [0, 0.05) is 11.6 Å². The summed E-state index contributed by atoms with van der Waals surface area (Å²) >= 11 is 5.95. The third-order valence-corrected chi connectivity index (χ3v) is 4.30. The summed E-state index contributed by atoms with van der Waals surface area (Å²) in [5, 5.41) is 4.42. The van der Waals surface area contributed by atoms with Gasteiger partial charge in [-0.2, -0.15) is 0 Å². The van der Waals surface area contributed by atoms with Crippen molar-refractivity contribution in [2.75, 3.05) is 6.54 Å². The van der Waals surface area contributed by atoms with Gasteiger partial charge in [0.1, 0.15) is 0 Å². The highest BCUT2D eigenvalue weighted by molar-refractivity contribution is 6.30. The molecule has 1 aromatic carbocycles. The Bertz CT molecular complexity index is 375. The van der Waals surface area contributed by atoms with Gasteiger partial charge >= 0.3 is 0 Å². The van der Waals surface area contributed by atoms with Gasteiger partial charge in [0.05, 0.1) is 0 Å². The van der Waals surface area contributed by atoms with E-state index in [0.717, 1.165) is 29.9 Å². The van der Waals surface area contributed by atoms with E-state index in [0.29, 0.717) is 0 Å². The second-order valence-electron chi connectivity index (χ2n) is 5.37. The maximum absolute atomic E-state index is 5.95. The lowest BCUT2D eigenvalue weighted by Gasteiger charge is -2.16. The Labute approximate surface area is 110 Å². The summed E-state index contributed by atoms with van der Waals surface area (Å²) in [4.78, 5) is 0. The molecule has 2 rings (SSSR count). The van der Waals surface area contributed by atoms with Crippen LogP contribution in [0.15, 0.2) is 18.2 Å². The molecule has 0 heterocycles. The van der Waals surface area contributed by atoms with Crippen LogP contribution in [0, 0.1) is 18.8 Å². The molecule has 0 radical (unpaired) electrons. The van der Waals surface area contributed by atoms with E-state index in [9.17, 15) is 0 Å². The molecule has 0 bridgehead atoms. The van der Waals surface area contributed by atoms with Crippen molar-refractivity contribution < 1.29 is 0 Å². The zero-order valence-corrected chi connectivity index (χ0v) is 11.6. The van der Waals surface area contributed by atoms with Gasteiger partial charge in [-0.1, -0.05) is 37.4 Å². The number of nitrogens with one attached hydrogen (secondary N) is 1. The standard InChI is InChI=1S/C15H22ClN/c1-11-4-3-5-13(11)9-17-10-14-6-7-15(16)8-12(14)2/h6-8,11,13,17H,3-5,9-10H2,1-2H3. The molecule has 0 saturated heterocycles. The Balaban J connectivity index is 1.81. The molecule has 2 atom stereocenters. The van der Waals surface area contributed by atoms with Crippen LogP contribution in [0.25, 0.3) is 0 Å². The molecule has 94 valence electrons. The van der Waals surface area contributed by atoms with Gasteiger partial charge in [-0.05, 0) is 55.0 Å². The highest BCUT2D eigenvalue weighted by atomic mass is 35.5. The van der Waals surface area contributed by atoms with Crippen molar-refractivity contribution in [3.8, 4) is 0 Å². The predicted octanol–water partition coefficient (Wildman–Crippen LogP) is 4.17. The second-order valence-corrected chi connectivity index (χ2v) is 5.81. The minimum atomic E-state index is 0.829. The first-order valence-electron chi connectivity index (χ1n) is 6.62. The summed E-state index contributed by atoms with van der Waals surface area (Å²) < 4.78 is 0. The Morgan fingerprint density at radius 3 is 2.82 bits per heavy atom. The van der Waals surface area contributed by atoms with E-state index in [1.165, 1.54) is 30.4 Å². The molecular weight excluding hydrogens is 230 g/mol. The molecule has 2 heteroatoms. The summed E-state index contributed by atoms with van der Waals surface area (Å²) in [6.45, 7) is 6.63. The van der Waals surface area contributed by atoms with E-state index in [4.69, 9.17) is 11.6 Å². The maximum Gasteiger partial charge on any atom is 0.0408 e. The predicted molar refractivity (Wildman–Crippen MR) is 74.4 cm³/mol. The zero-order valence-electron chi connectivity index (χ0n) is 10.8. The molecule has 1 N–H and O–H groups in total. The first kappa shape index (κ1) is 12.9. The van der Waals surface area contributed by atoms with Gasteiger partial charge in [-0.15, -0.1) is 0 Å². The van der Waals surface area contributed by atoms with Gasteiger partial charge in [0.25, 0.3) is 0 Å². The molecule has 1 aliphatic carbocycles. The Hall–Kier alpha value is -0.530. The summed E-state index contributed by atoms with van der Waals surface area (Å²) in [7, 11) is 0. The molecule has 1 aromatic rings. The van der Waals surface area contributed by atoms with Crippen molar-refractivity contribution in [2.45, 2.75) is 39.7 Å². The summed E-state index contributed by atoms with van der Waals surface area (Å²) in [6, 6.07) is 6.14. The topological polar surface area (TPSA) is 12.0 Å². The third-order valence-electron chi connectivity index (χ3n) is 4.07.